The number of rotatable bonds is 1. The molecule has 7 heteroatoms. The summed E-state index contributed by atoms with van der Waals surface area (Å²) in [6, 6.07) is 4.07. The second-order valence-electron chi connectivity index (χ2n) is 5.88. The zero-order valence-electron chi connectivity index (χ0n) is 12.1. The topological polar surface area (TPSA) is 30.7 Å². The summed E-state index contributed by atoms with van der Waals surface area (Å²) in [5, 5.41) is 7.79. The van der Waals surface area contributed by atoms with Crippen molar-refractivity contribution in [2.75, 3.05) is 0 Å². The summed E-state index contributed by atoms with van der Waals surface area (Å²) in [7, 11) is 0. The Morgan fingerprint density at radius 1 is 1.10 bits per heavy atom. The number of aryl methyl sites for hydroxylation is 1. The lowest BCUT2D eigenvalue weighted by Gasteiger charge is -2.20. The summed E-state index contributed by atoms with van der Waals surface area (Å²) in [6.07, 6.45) is -4.41. The van der Waals surface area contributed by atoms with E-state index in [0.717, 1.165) is 6.07 Å². The van der Waals surface area contributed by atoms with Crippen LogP contribution in [0.15, 0.2) is 18.2 Å². The molecule has 0 amide bonds. The lowest BCUT2D eigenvalue weighted by atomic mass is 9.95. The molecule has 2 rings (SSSR count). The summed E-state index contributed by atoms with van der Waals surface area (Å²) in [4.78, 5) is 0. The minimum absolute atomic E-state index is 0.0388. The van der Waals surface area contributed by atoms with Crippen LogP contribution >= 0.6 is 11.6 Å². The van der Waals surface area contributed by atoms with E-state index in [4.69, 9.17) is 11.6 Å². The maximum absolute atomic E-state index is 13.0. The van der Waals surface area contributed by atoms with E-state index in [1.165, 1.54) is 17.6 Å². The van der Waals surface area contributed by atoms with Crippen molar-refractivity contribution < 1.29 is 13.2 Å². The maximum atomic E-state index is 13.0. The highest BCUT2D eigenvalue weighted by atomic mass is 35.5. The molecule has 0 atom stereocenters. The minimum atomic E-state index is -4.41. The van der Waals surface area contributed by atoms with Crippen LogP contribution in [0.3, 0.4) is 0 Å². The van der Waals surface area contributed by atoms with E-state index in [1.54, 1.807) is 6.07 Å². The zero-order valence-corrected chi connectivity index (χ0v) is 12.8. The molecule has 21 heavy (non-hydrogen) atoms. The Morgan fingerprint density at radius 3 is 2.24 bits per heavy atom. The van der Waals surface area contributed by atoms with Gasteiger partial charge in [-0.1, -0.05) is 26.8 Å². The van der Waals surface area contributed by atoms with E-state index in [0.29, 0.717) is 11.5 Å². The first-order chi connectivity index (χ1) is 9.51. The Bertz CT molecular complexity index is 669. The summed E-state index contributed by atoms with van der Waals surface area (Å²) < 4.78 is 40.5. The third kappa shape index (κ3) is 3.05. The number of hydrogen-bond acceptors (Lipinski definition) is 2. The summed E-state index contributed by atoms with van der Waals surface area (Å²) in [5.74, 6) is 0.504. The molecule has 1 aromatic heterocycles. The van der Waals surface area contributed by atoms with Crippen LogP contribution in [0.4, 0.5) is 13.2 Å². The van der Waals surface area contributed by atoms with Crippen LogP contribution in [0, 0.1) is 6.92 Å². The molecule has 114 valence electrons. The van der Waals surface area contributed by atoms with Crippen LogP contribution < -0.4 is 0 Å². The van der Waals surface area contributed by atoms with Gasteiger partial charge >= 0.3 is 6.18 Å². The summed E-state index contributed by atoms with van der Waals surface area (Å²) in [5.41, 5.74) is -0.631. The van der Waals surface area contributed by atoms with E-state index < -0.39 is 17.2 Å². The summed E-state index contributed by atoms with van der Waals surface area (Å²) >= 11 is 6.00. The fourth-order valence-corrected chi connectivity index (χ4v) is 2.25. The van der Waals surface area contributed by atoms with Crippen LogP contribution in [0.2, 0.25) is 5.28 Å². The fourth-order valence-electron chi connectivity index (χ4n) is 2.03. The average Bonchev–Trinajstić information content (AvgIpc) is 2.70. The van der Waals surface area contributed by atoms with Gasteiger partial charge in [0.25, 0.3) is 0 Å². The first-order valence-electron chi connectivity index (χ1n) is 6.31. The Morgan fingerprint density at radius 2 is 1.71 bits per heavy atom. The number of alkyl halides is 3. The van der Waals surface area contributed by atoms with Crippen molar-refractivity contribution in [2.45, 2.75) is 39.3 Å². The number of halogens is 4. The normalized spacial score (nSPS) is 12.8. The monoisotopic (exact) mass is 317 g/mol. The lowest BCUT2D eigenvalue weighted by Crippen LogP contribution is -2.19. The number of nitrogens with zero attached hydrogens (tertiary/aromatic N) is 3. The van der Waals surface area contributed by atoms with Crippen molar-refractivity contribution in [1.29, 1.82) is 0 Å². The van der Waals surface area contributed by atoms with Crippen LogP contribution in [-0.4, -0.2) is 14.8 Å². The molecule has 1 heterocycles. The van der Waals surface area contributed by atoms with Crippen molar-refractivity contribution in [3.63, 3.8) is 0 Å². The van der Waals surface area contributed by atoms with Gasteiger partial charge in [-0.25, -0.2) is 0 Å². The molecule has 0 radical (unpaired) electrons. The van der Waals surface area contributed by atoms with Crippen LogP contribution in [-0.2, 0) is 11.6 Å². The Kier molecular flexibility index (Phi) is 3.78. The fraction of sp³-hybridized carbons (Fsp3) is 0.429. The van der Waals surface area contributed by atoms with E-state index in [-0.39, 0.29) is 10.8 Å². The first-order valence-corrected chi connectivity index (χ1v) is 6.69. The van der Waals surface area contributed by atoms with E-state index in [9.17, 15) is 13.2 Å². The largest absolute Gasteiger partial charge is 0.416 e. The van der Waals surface area contributed by atoms with E-state index in [2.05, 4.69) is 10.2 Å². The highest BCUT2D eigenvalue weighted by Gasteiger charge is 2.33. The SMILES string of the molecule is Cc1ccc(-n2c(Cl)nnc2C(C)(C)C)cc1C(F)(F)F. The Labute approximate surface area is 125 Å². The molecule has 0 saturated carbocycles. The third-order valence-electron chi connectivity index (χ3n) is 3.08. The van der Waals surface area contributed by atoms with Gasteiger partial charge in [0.15, 0.2) is 0 Å². The van der Waals surface area contributed by atoms with E-state index >= 15 is 0 Å². The highest BCUT2D eigenvalue weighted by Crippen LogP contribution is 2.34. The van der Waals surface area contributed by atoms with Gasteiger partial charge in [-0.05, 0) is 36.2 Å². The van der Waals surface area contributed by atoms with Gasteiger partial charge in [-0.3, -0.25) is 4.57 Å². The zero-order chi connectivity index (χ0) is 16.0. The van der Waals surface area contributed by atoms with Gasteiger partial charge in [0.1, 0.15) is 5.82 Å². The third-order valence-corrected chi connectivity index (χ3v) is 3.32. The van der Waals surface area contributed by atoms with Crippen molar-refractivity contribution in [1.82, 2.24) is 14.8 Å². The van der Waals surface area contributed by atoms with Crippen molar-refractivity contribution in [3.05, 3.63) is 40.4 Å². The van der Waals surface area contributed by atoms with Gasteiger partial charge in [-0.2, -0.15) is 13.2 Å². The van der Waals surface area contributed by atoms with E-state index in [1.807, 2.05) is 20.8 Å². The van der Waals surface area contributed by atoms with Gasteiger partial charge in [0.05, 0.1) is 11.3 Å². The van der Waals surface area contributed by atoms with Crippen molar-refractivity contribution >= 4 is 11.6 Å². The van der Waals surface area contributed by atoms with Crippen LogP contribution in [0.1, 0.15) is 37.7 Å². The molecule has 0 aliphatic carbocycles. The highest BCUT2D eigenvalue weighted by molar-refractivity contribution is 6.28. The molecule has 0 unspecified atom stereocenters. The molecule has 0 aliphatic heterocycles. The predicted octanol–water partition coefficient (Wildman–Crippen LogP) is 4.55. The molecular formula is C14H15ClF3N3. The first kappa shape index (κ1) is 15.8. The average molecular weight is 318 g/mol. The molecule has 0 spiro atoms. The number of hydrogen-bond donors (Lipinski definition) is 0. The predicted molar refractivity (Wildman–Crippen MR) is 74.8 cm³/mol. The van der Waals surface area contributed by atoms with Gasteiger partial charge in [-0.15, -0.1) is 10.2 Å². The van der Waals surface area contributed by atoms with Gasteiger partial charge in [0.2, 0.25) is 5.28 Å². The second-order valence-corrected chi connectivity index (χ2v) is 6.21. The molecule has 0 bridgehead atoms. The number of aromatic nitrogens is 3. The van der Waals surface area contributed by atoms with Crippen molar-refractivity contribution in [2.24, 2.45) is 0 Å². The maximum Gasteiger partial charge on any atom is 0.416 e. The standard InChI is InChI=1S/C14H15ClF3N3/c1-8-5-6-9(7-10(8)14(16,17)18)21-11(13(2,3)4)19-20-12(21)15/h5-7H,1-4H3. The summed E-state index contributed by atoms with van der Waals surface area (Å²) in [6.45, 7) is 7.10. The lowest BCUT2D eigenvalue weighted by molar-refractivity contribution is -0.138. The second kappa shape index (κ2) is 5.02. The van der Waals surface area contributed by atoms with Crippen molar-refractivity contribution in [3.8, 4) is 5.69 Å². The Balaban J connectivity index is 2.67. The quantitative estimate of drug-likeness (QED) is 0.772. The molecule has 3 nitrogen and oxygen atoms in total. The van der Waals surface area contributed by atoms with Crippen LogP contribution in [0.25, 0.3) is 5.69 Å². The minimum Gasteiger partial charge on any atom is -0.269 e. The molecule has 1 aromatic carbocycles. The molecule has 2 aromatic rings. The number of benzene rings is 1. The molecule has 0 aliphatic rings. The molecular weight excluding hydrogens is 303 g/mol. The molecule has 0 saturated heterocycles. The Hall–Kier alpha value is -1.56. The smallest absolute Gasteiger partial charge is 0.269 e. The molecule has 0 N–H and O–H groups in total. The molecule has 0 fully saturated rings. The van der Waals surface area contributed by atoms with Gasteiger partial charge < -0.3 is 0 Å². The van der Waals surface area contributed by atoms with Gasteiger partial charge in [0, 0.05) is 5.41 Å². The van der Waals surface area contributed by atoms with Crippen LogP contribution in [0.5, 0.6) is 0 Å².